The predicted molar refractivity (Wildman–Crippen MR) is 109 cm³/mol. The summed E-state index contributed by atoms with van der Waals surface area (Å²) in [6.45, 7) is 8.33. The second kappa shape index (κ2) is 8.31. The summed E-state index contributed by atoms with van der Waals surface area (Å²) < 4.78 is 33.4. The number of benzene rings is 1. The number of hydrogen-bond donors (Lipinski definition) is 1. The molecule has 8 nitrogen and oxygen atoms in total. The first-order chi connectivity index (χ1) is 13.6. The van der Waals surface area contributed by atoms with Gasteiger partial charge in [0.2, 0.25) is 15.9 Å². The molecular weight excluding hydrogens is 394 g/mol. The molecule has 0 spiro atoms. The number of carbonyl (C=O) groups is 2. The molecule has 1 aromatic rings. The molecule has 3 rings (SSSR count). The van der Waals surface area contributed by atoms with E-state index in [0.29, 0.717) is 24.5 Å². The third-order valence-electron chi connectivity index (χ3n) is 5.10. The van der Waals surface area contributed by atoms with Gasteiger partial charge in [0.05, 0.1) is 10.6 Å². The van der Waals surface area contributed by atoms with Crippen molar-refractivity contribution in [3.8, 4) is 5.75 Å². The van der Waals surface area contributed by atoms with Gasteiger partial charge >= 0.3 is 0 Å². The average Bonchev–Trinajstić information content (AvgIpc) is 2.62. The fourth-order valence-corrected chi connectivity index (χ4v) is 5.68. The van der Waals surface area contributed by atoms with Crippen LogP contribution in [0.5, 0.6) is 5.75 Å². The third kappa shape index (κ3) is 4.72. The number of anilines is 1. The lowest BCUT2D eigenvalue weighted by Crippen LogP contribution is -2.46. The Kier molecular flexibility index (Phi) is 6.19. The van der Waals surface area contributed by atoms with E-state index in [9.17, 15) is 18.0 Å². The van der Waals surface area contributed by atoms with Crippen LogP contribution in [0, 0.1) is 11.8 Å². The lowest BCUT2D eigenvalue weighted by Gasteiger charge is -2.34. The van der Waals surface area contributed by atoms with Crippen molar-refractivity contribution in [3.63, 3.8) is 0 Å². The summed E-state index contributed by atoms with van der Waals surface area (Å²) in [5.41, 5.74) is 0.305. The smallest absolute Gasteiger partial charge is 0.265 e. The van der Waals surface area contributed by atoms with Crippen molar-refractivity contribution in [2.45, 2.75) is 45.1 Å². The Labute approximate surface area is 172 Å². The van der Waals surface area contributed by atoms with Gasteiger partial charge in [-0.05, 0) is 50.3 Å². The Morgan fingerprint density at radius 1 is 1.24 bits per heavy atom. The highest BCUT2D eigenvalue weighted by molar-refractivity contribution is 7.89. The van der Waals surface area contributed by atoms with E-state index >= 15 is 0 Å². The van der Waals surface area contributed by atoms with E-state index in [2.05, 4.69) is 5.32 Å². The van der Waals surface area contributed by atoms with Crippen molar-refractivity contribution in [2.75, 3.05) is 31.1 Å². The maximum Gasteiger partial charge on any atom is 0.265 e. The first-order valence-electron chi connectivity index (χ1n) is 9.94. The van der Waals surface area contributed by atoms with Crippen LogP contribution in [0.4, 0.5) is 5.69 Å². The minimum absolute atomic E-state index is 0.0621. The SMILES string of the molecule is CC(C)NC(=O)CN1C(=O)COc2ccc(S(=O)(=O)N3C[C@@H](C)C[C@H](C)C3)cc21. The minimum Gasteiger partial charge on any atom is -0.482 e. The molecule has 2 aliphatic rings. The molecule has 2 heterocycles. The fourth-order valence-electron chi connectivity index (χ4n) is 3.98. The van der Waals surface area contributed by atoms with E-state index in [1.54, 1.807) is 6.07 Å². The molecule has 2 atom stereocenters. The summed E-state index contributed by atoms with van der Waals surface area (Å²) >= 11 is 0. The molecule has 1 N–H and O–H groups in total. The second-order valence-electron chi connectivity index (χ2n) is 8.39. The number of fused-ring (bicyclic) bond motifs is 1. The zero-order valence-electron chi connectivity index (χ0n) is 17.3. The molecule has 0 bridgehead atoms. The monoisotopic (exact) mass is 423 g/mol. The van der Waals surface area contributed by atoms with Crippen molar-refractivity contribution in [1.29, 1.82) is 0 Å². The number of hydrogen-bond acceptors (Lipinski definition) is 5. The summed E-state index contributed by atoms with van der Waals surface area (Å²) in [6, 6.07) is 4.43. The zero-order valence-corrected chi connectivity index (χ0v) is 18.2. The van der Waals surface area contributed by atoms with Gasteiger partial charge in [0.15, 0.2) is 6.61 Å². The average molecular weight is 424 g/mol. The Morgan fingerprint density at radius 3 is 2.52 bits per heavy atom. The largest absolute Gasteiger partial charge is 0.482 e. The van der Waals surface area contributed by atoms with Crippen LogP contribution in [0.2, 0.25) is 0 Å². The van der Waals surface area contributed by atoms with Gasteiger partial charge in [-0.2, -0.15) is 4.31 Å². The van der Waals surface area contributed by atoms with Crippen molar-refractivity contribution >= 4 is 27.5 Å². The van der Waals surface area contributed by atoms with Gasteiger partial charge < -0.3 is 10.1 Å². The molecule has 0 unspecified atom stereocenters. The maximum atomic E-state index is 13.2. The predicted octanol–water partition coefficient (Wildman–Crippen LogP) is 1.60. The van der Waals surface area contributed by atoms with Crippen molar-refractivity contribution < 1.29 is 22.7 Å². The lowest BCUT2D eigenvalue weighted by molar-refractivity contribution is -0.125. The minimum atomic E-state index is -3.71. The first kappa shape index (κ1) is 21.6. The van der Waals surface area contributed by atoms with Crippen LogP contribution in [-0.2, 0) is 19.6 Å². The van der Waals surface area contributed by atoms with E-state index in [1.807, 2.05) is 27.7 Å². The Hall–Kier alpha value is -2.13. The fraction of sp³-hybridized carbons (Fsp3) is 0.600. The third-order valence-corrected chi connectivity index (χ3v) is 6.93. The van der Waals surface area contributed by atoms with Gasteiger partial charge in [0, 0.05) is 19.1 Å². The maximum absolute atomic E-state index is 13.2. The van der Waals surface area contributed by atoms with Crippen LogP contribution >= 0.6 is 0 Å². The molecule has 160 valence electrons. The highest BCUT2D eigenvalue weighted by Crippen LogP contribution is 2.36. The molecule has 29 heavy (non-hydrogen) atoms. The molecule has 1 saturated heterocycles. The molecule has 1 aromatic carbocycles. The second-order valence-corrected chi connectivity index (χ2v) is 10.3. The Morgan fingerprint density at radius 2 is 1.90 bits per heavy atom. The quantitative estimate of drug-likeness (QED) is 0.776. The summed E-state index contributed by atoms with van der Waals surface area (Å²) in [7, 11) is -3.71. The molecule has 2 amide bonds. The number of nitrogens with zero attached hydrogens (tertiary/aromatic N) is 2. The molecule has 2 aliphatic heterocycles. The number of nitrogens with one attached hydrogen (secondary N) is 1. The van der Waals surface area contributed by atoms with Gasteiger partial charge in [-0.15, -0.1) is 0 Å². The summed E-state index contributed by atoms with van der Waals surface area (Å²) in [5.74, 6) is 0.264. The number of ether oxygens (including phenoxy) is 1. The first-order valence-corrected chi connectivity index (χ1v) is 11.4. The van der Waals surface area contributed by atoms with Crippen LogP contribution in [-0.4, -0.2) is 56.8 Å². The van der Waals surface area contributed by atoms with Gasteiger partial charge in [-0.3, -0.25) is 14.5 Å². The van der Waals surface area contributed by atoms with E-state index in [-0.39, 0.29) is 47.7 Å². The van der Waals surface area contributed by atoms with Crippen molar-refractivity contribution in [2.24, 2.45) is 11.8 Å². The molecule has 0 aliphatic carbocycles. The normalized spacial score (nSPS) is 22.9. The lowest BCUT2D eigenvalue weighted by atomic mass is 9.94. The van der Waals surface area contributed by atoms with Gasteiger partial charge in [0.25, 0.3) is 5.91 Å². The van der Waals surface area contributed by atoms with Gasteiger partial charge in [0.1, 0.15) is 12.3 Å². The summed E-state index contributed by atoms with van der Waals surface area (Å²) in [4.78, 5) is 26.0. The molecule has 9 heteroatoms. The zero-order chi connectivity index (χ0) is 21.3. The van der Waals surface area contributed by atoms with Crippen LogP contribution < -0.4 is 15.0 Å². The summed E-state index contributed by atoms with van der Waals surface area (Å²) in [5, 5.41) is 2.75. The number of carbonyl (C=O) groups excluding carboxylic acids is 2. The van der Waals surface area contributed by atoms with E-state index in [1.165, 1.54) is 21.3 Å². The highest BCUT2D eigenvalue weighted by Gasteiger charge is 2.34. The number of piperidine rings is 1. The topological polar surface area (TPSA) is 96.0 Å². The van der Waals surface area contributed by atoms with Crippen LogP contribution in [0.1, 0.15) is 34.1 Å². The number of sulfonamides is 1. The molecular formula is C20H29N3O5S. The molecule has 1 fully saturated rings. The van der Waals surface area contributed by atoms with E-state index < -0.39 is 10.0 Å². The number of rotatable bonds is 5. The van der Waals surface area contributed by atoms with Crippen molar-refractivity contribution in [3.05, 3.63) is 18.2 Å². The van der Waals surface area contributed by atoms with Crippen molar-refractivity contribution in [1.82, 2.24) is 9.62 Å². The summed E-state index contributed by atoms with van der Waals surface area (Å²) in [6.07, 6.45) is 0.997. The van der Waals surface area contributed by atoms with Gasteiger partial charge in [-0.25, -0.2) is 8.42 Å². The van der Waals surface area contributed by atoms with E-state index in [4.69, 9.17) is 4.74 Å². The van der Waals surface area contributed by atoms with E-state index in [0.717, 1.165) is 6.42 Å². The number of amides is 2. The van der Waals surface area contributed by atoms with Gasteiger partial charge in [-0.1, -0.05) is 13.8 Å². The Bertz CT molecular complexity index is 889. The Balaban J connectivity index is 1.92. The van der Waals surface area contributed by atoms with Crippen LogP contribution in [0.25, 0.3) is 0 Å². The van der Waals surface area contributed by atoms with Crippen LogP contribution in [0.3, 0.4) is 0 Å². The highest BCUT2D eigenvalue weighted by atomic mass is 32.2. The standard InChI is InChI=1S/C20H29N3O5S/c1-13(2)21-19(24)11-23-17-8-16(5-6-18(17)28-12-20(23)25)29(26,27)22-9-14(3)7-15(4)10-22/h5-6,8,13-15H,7,9-12H2,1-4H3,(H,21,24)/t14-,15-/m0/s1. The molecule has 0 saturated carbocycles. The molecule has 0 radical (unpaired) electrons. The molecule has 0 aromatic heterocycles. The van der Waals surface area contributed by atoms with Crippen LogP contribution in [0.15, 0.2) is 23.1 Å².